The monoisotopic (exact) mass is 330 g/mol. The van der Waals surface area contributed by atoms with E-state index in [1.54, 1.807) is 6.07 Å². The lowest BCUT2D eigenvalue weighted by Crippen LogP contribution is -2.40. The average Bonchev–Trinajstić information content (AvgIpc) is 2.98. The number of carbonyl (C=O) groups excluding carboxylic acids is 2. The van der Waals surface area contributed by atoms with Crippen molar-refractivity contribution in [2.24, 2.45) is 0 Å². The lowest BCUT2D eigenvalue weighted by molar-refractivity contribution is -0.120. The first-order valence-electron chi connectivity index (χ1n) is 7.72. The second kappa shape index (κ2) is 8.48. The third-order valence-electron chi connectivity index (χ3n) is 3.49. The molecule has 0 saturated carbocycles. The minimum Gasteiger partial charge on any atom is -0.352 e. The molecule has 2 N–H and O–H groups in total. The van der Waals surface area contributed by atoms with Gasteiger partial charge in [-0.05, 0) is 44.4 Å². The highest BCUT2D eigenvalue weighted by Crippen LogP contribution is 2.14. The lowest BCUT2D eigenvalue weighted by atomic mass is 10.1. The topological polar surface area (TPSA) is 58.2 Å². The molecule has 0 spiro atoms. The van der Waals surface area contributed by atoms with Crippen LogP contribution in [0.4, 0.5) is 0 Å². The van der Waals surface area contributed by atoms with Crippen molar-refractivity contribution in [3.8, 4) is 0 Å². The molecule has 0 aliphatic carbocycles. The van der Waals surface area contributed by atoms with Crippen LogP contribution in [0.15, 0.2) is 42.5 Å². The van der Waals surface area contributed by atoms with Crippen LogP contribution in [0, 0.1) is 6.92 Å². The zero-order valence-corrected chi connectivity index (χ0v) is 14.3. The smallest absolute Gasteiger partial charge is 0.261 e. The quantitative estimate of drug-likeness (QED) is 0.820. The Balaban J connectivity index is 1.68. The molecule has 0 aliphatic heterocycles. The zero-order valence-electron chi connectivity index (χ0n) is 13.5. The molecule has 5 heteroatoms. The summed E-state index contributed by atoms with van der Waals surface area (Å²) in [7, 11) is 0. The molecular formula is C18H22N2O2S. The van der Waals surface area contributed by atoms with Gasteiger partial charge in [-0.1, -0.05) is 30.3 Å². The molecule has 23 heavy (non-hydrogen) atoms. The number of amides is 2. The van der Waals surface area contributed by atoms with E-state index >= 15 is 0 Å². The summed E-state index contributed by atoms with van der Waals surface area (Å²) in [5, 5.41) is 5.56. The van der Waals surface area contributed by atoms with E-state index in [4.69, 9.17) is 0 Å². The highest BCUT2D eigenvalue weighted by Gasteiger charge is 2.11. The molecule has 1 heterocycles. The van der Waals surface area contributed by atoms with E-state index in [0.717, 1.165) is 17.7 Å². The van der Waals surface area contributed by atoms with Gasteiger partial charge in [-0.15, -0.1) is 11.3 Å². The van der Waals surface area contributed by atoms with Gasteiger partial charge in [0, 0.05) is 10.9 Å². The molecule has 4 nitrogen and oxygen atoms in total. The van der Waals surface area contributed by atoms with Gasteiger partial charge in [-0.2, -0.15) is 0 Å². The van der Waals surface area contributed by atoms with Crippen LogP contribution in [0.3, 0.4) is 0 Å². The summed E-state index contributed by atoms with van der Waals surface area (Å²) in [5.41, 5.74) is 1.26. The molecule has 0 fully saturated rings. The van der Waals surface area contributed by atoms with Crippen LogP contribution in [-0.4, -0.2) is 24.4 Å². The van der Waals surface area contributed by atoms with Gasteiger partial charge in [-0.25, -0.2) is 0 Å². The number of rotatable bonds is 7. The van der Waals surface area contributed by atoms with E-state index in [1.807, 2.05) is 38.1 Å². The number of nitrogens with one attached hydrogen (secondary N) is 2. The van der Waals surface area contributed by atoms with Crippen molar-refractivity contribution < 1.29 is 9.59 Å². The summed E-state index contributed by atoms with van der Waals surface area (Å²) in [5.74, 6) is -0.359. The Labute approximate surface area is 140 Å². The minimum absolute atomic E-state index is 0.00541. The fourth-order valence-corrected chi connectivity index (χ4v) is 3.01. The first kappa shape index (κ1) is 17.2. The molecule has 0 aliphatic rings. The molecule has 122 valence electrons. The van der Waals surface area contributed by atoms with Crippen molar-refractivity contribution in [2.45, 2.75) is 32.7 Å². The summed E-state index contributed by atoms with van der Waals surface area (Å²) in [6.07, 6.45) is 1.79. The van der Waals surface area contributed by atoms with Crippen molar-refractivity contribution in [1.82, 2.24) is 10.6 Å². The van der Waals surface area contributed by atoms with Crippen LogP contribution in [0.2, 0.25) is 0 Å². The van der Waals surface area contributed by atoms with Gasteiger partial charge >= 0.3 is 0 Å². The van der Waals surface area contributed by atoms with Gasteiger partial charge in [0.15, 0.2) is 0 Å². The van der Waals surface area contributed by atoms with E-state index in [9.17, 15) is 9.59 Å². The summed E-state index contributed by atoms with van der Waals surface area (Å²) < 4.78 is 0. The first-order chi connectivity index (χ1) is 11.0. The molecular weight excluding hydrogens is 308 g/mol. The second-order valence-electron chi connectivity index (χ2n) is 5.59. The van der Waals surface area contributed by atoms with Gasteiger partial charge in [0.25, 0.3) is 5.91 Å². The van der Waals surface area contributed by atoms with E-state index in [1.165, 1.54) is 16.9 Å². The highest BCUT2D eigenvalue weighted by molar-refractivity contribution is 7.13. The van der Waals surface area contributed by atoms with Gasteiger partial charge in [0.05, 0.1) is 11.4 Å². The van der Waals surface area contributed by atoms with Crippen LogP contribution in [0.25, 0.3) is 0 Å². The number of aryl methyl sites for hydroxylation is 2. The second-order valence-corrected chi connectivity index (χ2v) is 6.87. The lowest BCUT2D eigenvalue weighted by Gasteiger charge is -2.14. The van der Waals surface area contributed by atoms with Crippen LogP contribution < -0.4 is 10.6 Å². The molecule has 2 amide bonds. The number of hydrogen-bond donors (Lipinski definition) is 2. The number of benzene rings is 1. The van der Waals surface area contributed by atoms with Crippen molar-refractivity contribution in [3.63, 3.8) is 0 Å². The number of carbonyl (C=O) groups is 2. The zero-order chi connectivity index (χ0) is 16.7. The fourth-order valence-electron chi connectivity index (χ4n) is 2.23. The van der Waals surface area contributed by atoms with E-state index in [2.05, 4.69) is 22.8 Å². The van der Waals surface area contributed by atoms with Gasteiger partial charge in [-0.3, -0.25) is 9.59 Å². The van der Waals surface area contributed by atoms with Gasteiger partial charge in [0.2, 0.25) is 5.91 Å². The number of hydrogen-bond acceptors (Lipinski definition) is 3. The Hall–Kier alpha value is -2.14. The van der Waals surface area contributed by atoms with E-state index < -0.39 is 0 Å². The Morgan fingerprint density at radius 1 is 1.13 bits per heavy atom. The predicted molar refractivity (Wildman–Crippen MR) is 93.8 cm³/mol. The molecule has 1 aromatic carbocycles. The SMILES string of the molecule is Cc1ccc(C(=O)NCC(=O)N[C@@H](C)CCc2ccccc2)s1. The Kier molecular flexibility index (Phi) is 6.35. The molecule has 0 saturated heterocycles. The van der Waals surface area contributed by atoms with Gasteiger partial charge < -0.3 is 10.6 Å². The van der Waals surface area contributed by atoms with Crippen molar-refractivity contribution in [3.05, 3.63) is 57.8 Å². The molecule has 0 bridgehead atoms. The van der Waals surface area contributed by atoms with Crippen molar-refractivity contribution in [2.75, 3.05) is 6.54 Å². The maximum atomic E-state index is 11.9. The summed E-state index contributed by atoms with van der Waals surface area (Å²) >= 11 is 1.42. The predicted octanol–water partition coefficient (Wildman–Crippen LogP) is 2.92. The Morgan fingerprint density at radius 2 is 1.87 bits per heavy atom. The van der Waals surface area contributed by atoms with Crippen LogP contribution in [-0.2, 0) is 11.2 Å². The number of thiophene rings is 1. The Morgan fingerprint density at radius 3 is 2.52 bits per heavy atom. The van der Waals surface area contributed by atoms with E-state index in [0.29, 0.717) is 4.88 Å². The fraction of sp³-hybridized carbons (Fsp3) is 0.333. The third-order valence-corrected chi connectivity index (χ3v) is 4.49. The van der Waals surface area contributed by atoms with Gasteiger partial charge in [0.1, 0.15) is 0 Å². The molecule has 1 aromatic heterocycles. The van der Waals surface area contributed by atoms with Crippen molar-refractivity contribution >= 4 is 23.2 Å². The van der Waals surface area contributed by atoms with Crippen molar-refractivity contribution in [1.29, 1.82) is 0 Å². The van der Waals surface area contributed by atoms with Crippen LogP contribution in [0.5, 0.6) is 0 Å². The molecule has 1 atom stereocenters. The molecule has 2 aromatic rings. The molecule has 0 unspecified atom stereocenters. The summed E-state index contributed by atoms with van der Waals surface area (Å²) in [4.78, 5) is 25.5. The normalized spacial score (nSPS) is 11.7. The molecule has 2 rings (SSSR count). The maximum absolute atomic E-state index is 11.9. The van der Waals surface area contributed by atoms with E-state index in [-0.39, 0.29) is 24.4 Å². The summed E-state index contributed by atoms with van der Waals surface area (Å²) in [6, 6.07) is 13.9. The third kappa shape index (κ3) is 5.87. The summed E-state index contributed by atoms with van der Waals surface area (Å²) in [6.45, 7) is 3.93. The molecule has 0 radical (unpaired) electrons. The Bertz CT molecular complexity index is 652. The van der Waals surface area contributed by atoms with Crippen LogP contribution >= 0.6 is 11.3 Å². The van der Waals surface area contributed by atoms with Crippen LogP contribution in [0.1, 0.15) is 33.5 Å². The average molecular weight is 330 g/mol. The maximum Gasteiger partial charge on any atom is 0.261 e. The standard InChI is InChI=1S/C18H22N2O2S/c1-13(8-10-15-6-4-3-5-7-15)20-17(21)12-19-18(22)16-11-9-14(2)23-16/h3-7,9,11,13H,8,10,12H2,1-2H3,(H,19,22)(H,20,21)/t13-/m0/s1. The first-order valence-corrected chi connectivity index (χ1v) is 8.54. The minimum atomic E-state index is -0.199. The highest BCUT2D eigenvalue weighted by atomic mass is 32.1. The largest absolute Gasteiger partial charge is 0.352 e.